The van der Waals surface area contributed by atoms with Crippen LogP contribution in [0.5, 0.6) is 5.75 Å². The number of aromatic nitrogens is 4. The number of halogens is 1. The monoisotopic (exact) mass is 663 g/mol. The fraction of sp³-hybridized carbons (Fsp3) is 0.419. The number of anilines is 6. The normalized spacial score (nSPS) is 15.7. The van der Waals surface area contributed by atoms with E-state index < -0.39 is 0 Å². The molecule has 10 nitrogen and oxygen atoms in total. The van der Waals surface area contributed by atoms with Gasteiger partial charge in [0.15, 0.2) is 0 Å². The van der Waals surface area contributed by atoms with Crippen LogP contribution in [-0.2, 0) is 0 Å². The molecule has 4 aromatic rings. The Morgan fingerprint density at radius 2 is 1.74 bits per heavy atom. The van der Waals surface area contributed by atoms with Crippen LogP contribution in [0.3, 0.4) is 0 Å². The van der Waals surface area contributed by atoms with E-state index in [1.807, 2.05) is 24.1 Å². The van der Waals surface area contributed by atoms with Crippen molar-refractivity contribution in [1.29, 1.82) is 0 Å². The van der Waals surface area contributed by atoms with E-state index in [0.29, 0.717) is 23.1 Å². The molecule has 3 heterocycles. The minimum Gasteiger partial charge on any atom is -0.494 e. The van der Waals surface area contributed by atoms with E-state index in [-0.39, 0.29) is 0 Å². The van der Waals surface area contributed by atoms with Crippen molar-refractivity contribution in [2.45, 2.75) is 43.9 Å². The van der Waals surface area contributed by atoms with Gasteiger partial charge in [-0.15, -0.1) is 0 Å². The van der Waals surface area contributed by atoms with Gasteiger partial charge in [-0.3, -0.25) is 9.97 Å². The van der Waals surface area contributed by atoms with E-state index >= 15 is 0 Å². The van der Waals surface area contributed by atoms with Gasteiger partial charge in [-0.1, -0.05) is 0 Å². The third kappa shape index (κ3) is 6.61. The van der Waals surface area contributed by atoms with Gasteiger partial charge in [-0.25, -0.2) is 4.98 Å². The lowest BCUT2D eigenvalue weighted by Gasteiger charge is -2.37. The van der Waals surface area contributed by atoms with Crippen molar-refractivity contribution in [1.82, 2.24) is 24.8 Å². The highest BCUT2D eigenvalue weighted by atomic mass is 79.9. The summed E-state index contributed by atoms with van der Waals surface area (Å²) in [6, 6.07) is 8.89. The number of nitrogens with one attached hydrogen (secondary N) is 2. The van der Waals surface area contributed by atoms with Crippen LogP contribution in [-0.4, -0.2) is 77.5 Å². The summed E-state index contributed by atoms with van der Waals surface area (Å²) < 4.78 is 8.78. The summed E-state index contributed by atoms with van der Waals surface area (Å²) in [4.78, 5) is 23.4. The fourth-order valence-electron chi connectivity index (χ4n) is 5.56. The zero-order valence-corrected chi connectivity index (χ0v) is 27.7. The average Bonchev–Trinajstić information content (AvgIpc) is 3.83. The molecule has 2 N–H and O–H groups in total. The van der Waals surface area contributed by atoms with Gasteiger partial charge in [0.1, 0.15) is 17.1 Å². The number of piperidine rings is 1. The van der Waals surface area contributed by atoms with Crippen LogP contribution in [0.1, 0.15) is 31.2 Å². The van der Waals surface area contributed by atoms with Crippen LogP contribution < -0.4 is 24.6 Å². The Morgan fingerprint density at radius 3 is 2.47 bits per heavy atom. The van der Waals surface area contributed by atoms with Gasteiger partial charge in [0.2, 0.25) is 5.95 Å². The van der Waals surface area contributed by atoms with Gasteiger partial charge in [0, 0.05) is 61.8 Å². The van der Waals surface area contributed by atoms with Crippen LogP contribution in [0, 0.1) is 6.92 Å². The van der Waals surface area contributed by atoms with Gasteiger partial charge in [-0.05, 0) is 98.3 Å². The highest BCUT2D eigenvalue weighted by Crippen LogP contribution is 2.43. The minimum atomic E-state index is 0.464. The van der Waals surface area contributed by atoms with Crippen LogP contribution in [0.25, 0.3) is 11.0 Å². The van der Waals surface area contributed by atoms with E-state index in [2.05, 4.69) is 95.8 Å². The Labute approximate surface area is 265 Å². The van der Waals surface area contributed by atoms with Crippen molar-refractivity contribution in [2.75, 3.05) is 61.2 Å². The summed E-state index contributed by atoms with van der Waals surface area (Å²) in [6.07, 6.45) is 9.99. The number of nitrogens with zero attached hydrogens (tertiary/aromatic N) is 7. The van der Waals surface area contributed by atoms with E-state index in [9.17, 15) is 0 Å². The summed E-state index contributed by atoms with van der Waals surface area (Å²) in [5.41, 5.74) is 6.78. The predicted octanol–water partition coefficient (Wildman–Crippen LogP) is 6.76. The third-order valence-electron chi connectivity index (χ3n) is 8.06. The average molecular weight is 665 g/mol. The summed E-state index contributed by atoms with van der Waals surface area (Å²) in [6.45, 7) is 4.20. The van der Waals surface area contributed by atoms with Gasteiger partial charge in [0.25, 0.3) is 0 Å². The van der Waals surface area contributed by atoms with Crippen molar-refractivity contribution in [3.8, 4) is 5.75 Å². The maximum absolute atomic E-state index is 5.83. The first kappa shape index (κ1) is 29.7. The molecule has 0 amide bonds. The topological polar surface area (TPSA) is 94.6 Å². The first-order valence-electron chi connectivity index (χ1n) is 14.6. The number of methoxy groups -OCH3 is 1. The van der Waals surface area contributed by atoms with Crippen LogP contribution in [0.2, 0.25) is 0 Å². The standard InChI is InChI=1S/C31H38BrN9OS/c1-19-16-25(27(42-5)17-26(19)41-14-10-20(11-15-41)39(2)3)37-31-35-18-22(32)30(38-31)36-24-9-8-23-28(34-13-12-33-23)29(24)40(4)43-21-6-7-21/h8-9,12-13,16-18,20-21H,6-7,10-11,14-15H2,1-5H3,(H2,35,36,37,38). The molecule has 0 unspecified atom stereocenters. The molecule has 6 rings (SSSR count). The number of fused-ring (bicyclic) bond motifs is 1. The predicted molar refractivity (Wildman–Crippen MR) is 182 cm³/mol. The maximum atomic E-state index is 5.83. The molecule has 226 valence electrons. The highest BCUT2D eigenvalue weighted by Gasteiger charge is 2.27. The number of rotatable bonds is 10. The Bertz CT molecular complexity index is 1610. The van der Waals surface area contributed by atoms with Crippen molar-refractivity contribution < 1.29 is 4.74 Å². The van der Waals surface area contributed by atoms with Crippen LogP contribution in [0.15, 0.2) is 47.3 Å². The largest absolute Gasteiger partial charge is 0.494 e. The lowest BCUT2D eigenvalue weighted by atomic mass is 10.0. The highest BCUT2D eigenvalue weighted by molar-refractivity contribution is 9.10. The molecule has 12 heteroatoms. The molecule has 0 radical (unpaired) electrons. The Morgan fingerprint density at radius 1 is 0.977 bits per heavy atom. The molecule has 2 aromatic heterocycles. The zero-order chi connectivity index (χ0) is 30.1. The number of benzene rings is 2. The van der Waals surface area contributed by atoms with Crippen molar-refractivity contribution in [2.24, 2.45) is 0 Å². The molecule has 0 bridgehead atoms. The lowest BCUT2D eigenvalue weighted by molar-refractivity contribution is 0.249. The van der Waals surface area contributed by atoms with Gasteiger partial charge in [-0.2, -0.15) is 4.98 Å². The smallest absolute Gasteiger partial charge is 0.229 e. The summed E-state index contributed by atoms with van der Waals surface area (Å²) >= 11 is 5.48. The second-order valence-electron chi connectivity index (χ2n) is 11.3. The molecule has 43 heavy (non-hydrogen) atoms. The summed E-state index contributed by atoms with van der Waals surface area (Å²) in [5.74, 6) is 1.86. The fourth-order valence-corrected chi connectivity index (χ4v) is 6.94. The first-order valence-corrected chi connectivity index (χ1v) is 16.2. The Kier molecular flexibility index (Phi) is 8.78. The molecule has 2 fully saturated rings. The van der Waals surface area contributed by atoms with Gasteiger partial charge >= 0.3 is 0 Å². The number of hydrogen-bond acceptors (Lipinski definition) is 11. The molecule has 1 aliphatic carbocycles. The second kappa shape index (κ2) is 12.7. The molecule has 0 atom stereocenters. The second-order valence-corrected chi connectivity index (χ2v) is 13.6. The van der Waals surface area contributed by atoms with E-state index in [0.717, 1.165) is 64.2 Å². The molecule has 1 saturated heterocycles. The molecular formula is C31H38BrN9OS. The minimum absolute atomic E-state index is 0.464. The molecule has 1 saturated carbocycles. The lowest BCUT2D eigenvalue weighted by Crippen LogP contribution is -2.42. The van der Waals surface area contributed by atoms with E-state index in [1.165, 1.54) is 24.1 Å². The number of aryl methyl sites for hydroxylation is 1. The SMILES string of the molecule is COc1cc(N2CCC(N(C)C)CC2)c(C)cc1Nc1ncc(Br)c(Nc2ccc3nccnc3c2N(C)SC2CC2)n1. The van der Waals surface area contributed by atoms with Crippen molar-refractivity contribution >= 4 is 73.4 Å². The zero-order valence-electron chi connectivity index (χ0n) is 25.3. The maximum Gasteiger partial charge on any atom is 0.229 e. The van der Waals surface area contributed by atoms with E-state index in [4.69, 9.17) is 9.72 Å². The van der Waals surface area contributed by atoms with Gasteiger partial charge < -0.3 is 29.5 Å². The third-order valence-corrected chi connectivity index (χ3v) is 9.91. The van der Waals surface area contributed by atoms with Crippen LogP contribution >= 0.6 is 27.9 Å². The summed E-state index contributed by atoms with van der Waals surface area (Å²) in [7, 11) is 8.13. The van der Waals surface area contributed by atoms with Crippen LogP contribution in [0.4, 0.5) is 34.5 Å². The summed E-state index contributed by atoms with van der Waals surface area (Å²) in [5, 5.41) is 7.58. The van der Waals surface area contributed by atoms with Gasteiger partial charge in [0.05, 0.1) is 34.2 Å². The van der Waals surface area contributed by atoms with E-state index in [1.54, 1.807) is 25.7 Å². The molecule has 1 aliphatic heterocycles. The Hall–Kier alpha value is -3.35. The van der Waals surface area contributed by atoms with Crippen molar-refractivity contribution in [3.05, 3.63) is 52.9 Å². The Balaban J connectivity index is 1.26. The van der Waals surface area contributed by atoms with Crippen molar-refractivity contribution in [3.63, 3.8) is 0 Å². The molecule has 2 aliphatic rings. The first-order chi connectivity index (χ1) is 20.8. The number of hydrogen-bond donors (Lipinski definition) is 2. The quantitative estimate of drug-likeness (QED) is 0.176. The molecule has 0 spiro atoms. The molecular weight excluding hydrogens is 626 g/mol. The molecule has 2 aromatic carbocycles. The number of ether oxygens (including phenoxy) is 1.